The maximum atomic E-state index is 12.4. The number of carbonyl (C=O) groups excluding carboxylic acids is 1. The number of ether oxygens (including phenoxy) is 3. The quantitative estimate of drug-likeness (QED) is 0.838. The molecule has 7 heteroatoms. The Balaban J connectivity index is 1.56. The highest BCUT2D eigenvalue weighted by Crippen LogP contribution is 2.46. The molecule has 1 aromatic heterocycles. The monoisotopic (exact) mass is 355 g/mol. The molecule has 2 aromatic rings. The second-order valence-electron chi connectivity index (χ2n) is 6.54. The second kappa shape index (κ2) is 7.29. The molecule has 26 heavy (non-hydrogen) atoms. The van der Waals surface area contributed by atoms with Crippen LogP contribution in [-0.2, 0) is 4.74 Å². The van der Waals surface area contributed by atoms with Crippen LogP contribution < -0.4 is 9.47 Å². The lowest BCUT2D eigenvalue weighted by molar-refractivity contribution is 0.0413. The molecule has 1 aliphatic carbocycles. The molecule has 0 spiro atoms. The Morgan fingerprint density at radius 2 is 2.04 bits per heavy atom. The molecule has 2 heterocycles. The van der Waals surface area contributed by atoms with Gasteiger partial charge < -0.3 is 19.1 Å². The third kappa shape index (κ3) is 3.62. The summed E-state index contributed by atoms with van der Waals surface area (Å²) in [6.07, 6.45) is 3.38. The van der Waals surface area contributed by atoms with Crippen LogP contribution in [0.5, 0.6) is 17.4 Å². The Hall–Kier alpha value is -2.67. The molecule has 0 unspecified atom stereocenters. The van der Waals surface area contributed by atoms with Gasteiger partial charge in [0.05, 0.1) is 19.4 Å². The van der Waals surface area contributed by atoms with E-state index in [0.29, 0.717) is 32.2 Å². The maximum absolute atomic E-state index is 12.4. The predicted molar refractivity (Wildman–Crippen MR) is 93.7 cm³/mol. The Morgan fingerprint density at radius 3 is 2.81 bits per heavy atom. The van der Waals surface area contributed by atoms with Gasteiger partial charge in [0.25, 0.3) is 5.88 Å². The van der Waals surface area contributed by atoms with Crippen LogP contribution in [-0.4, -0.2) is 47.5 Å². The van der Waals surface area contributed by atoms with Crippen molar-refractivity contribution in [1.82, 2.24) is 15.1 Å². The topological polar surface area (TPSA) is 73.8 Å². The maximum Gasteiger partial charge on any atom is 0.415 e. The smallest absolute Gasteiger partial charge is 0.415 e. The van der Waals surface area contributed by atoms with Gasteiger partial charge in [-0.3, -0.25) is 0 Å². The van der Waals surface area contributed by atoms with Crippen molar-refractivity contribution in [3.8, 4) is 17.4 Å². The largest absolute Gasteiger partial charge is 0.434 e. The average Bonchev–Trinajstić information content (AvgIpc) is 3.50. The third-order valence-electron chi connectivity index (χ3n) is 4.58. The highest BCUT2D eigenvalue weighted by atomic mass is 16.6. The fourth-order valence-corrected chi connectivity index (χ4v) is 2.99. The van der Waals surface area contributed by atoms with Gasteiger partial charge in [-0.15, -0.1) is 5.10 Å². The van der Waals surface area contributed by atoms with Gasteiger partial charge in [-0.25, -0.2) is 4.79 Å². The summed E-state index contributed by atoms with van der Waals surface area (Å²) >= 11 is 0. The van der Waals surface area contributed by atoms with Crippen LogP contribution in [0.4, 0.5) is 4.79 Å². The van der Waals surface area contributed by atoms with E-state index in [1.165, 1.54) is 24.6 Å². The minimum atomic E-state index is -0.432. The molecule has 1 amide bonds. The van der Waals surface area contributed by atoms with Crippen molar-refractivity contribution in [2.75, 3.05) is 26.3 Å². The number of hydrogen-bond acceptors (Lipinski definition) is 6. The van der Waals surface area contributed by atoms with Crippen molar-refractivity contribution in [2.45, 2.75) is 25.7 Å². The molecule has 1 saturated carbocycles. The lowest BCUT2D eigenvalue weighted by Gasteiger charge is -2.26. The number of hydrogen-bond donors (Lipinski definition) is 0. The van der Waals surface area contributed by atoms with Crippen LogP contribution >= 0.6 is 0 Å². The van der Waals surface area contributed by atoms with Gasteiger partial charge in [-0.05, 0) is 36.8 Å². The zero-order valence-electron chi connectivity index (χ0n) is 14.7. The van der Waals surface area contributed by atoms with E-state index < -0.39 is 6.09 Å². The van der Waals surface area contributed by atoms with E-state index in [1.54, 1.807) is 11.0 Å². The van der Waals surface area contributed by atoms with Crippen molar-refractivity contribution in [2.24, 2.45) is 0 Å². The molecular formula is C19H21N3O4. The lowest BCUT2D eigenvalue weighted by Crippen LogP contribution is -2.42. The first-order valence-electron chi connectivity index (χ1n) is 8.86. The van der Waals surface area contributed by atoms with E-state index in [1.807, 2.05) is 19.1 Å². The molecular weight excluding hydrogens is 334 g/mol. The number of carbonyl (C=O) groups is 1. The summed E-state index contributed by atoms with van der Waals surface area (Å²) in [6.45, 7) is 4.05. The van der Waals surface area contributed by atoms with Crippen LogP contribution in [0.3, 0.4) is 0 Å². The van der Waals surface area contributed by atoms with Gasteiger partial charge in [-0.2, -0.15) is 5.10 Å². The predicted octanol–water partition coefficient (Wildman–Crippen LogP) is 3.29. The summed E-state index contributed by atoms with van der Waals surface area (Å²) < 4.78 is 16.8. The van der Waals surface area contributed by atoms with E-state index in [-0.39, 0.29) is 11.6 Å². The molecule has 136 valence electrons. The van der Waals surface area contributed by atoms with E-state index >= 15 is 0 Å². The summed E-state index contributed by atoms with van der Waals surface area (Å²) in [5, 5.41) is 7.92. The third-order valence-corrected chi connectivity index (χ3v) is 4.58. The average molecular weight is 355 g/mol. The van der Waals surface area contributed by atoms with Crippen molar-refractivity contribution < 1.29 is 19.0 Å². The summed E-state index contributed by atoms with van der Waals surface area (Å²) in [5.41, 5.74) is 2.19. The van der Waals surface area contributed by atoms with Crippen molar-refractivity contribution in [3.63, 3.8) is 0 Å². The number of aromatic nitrogens is 2. The first kappa shape index (κ1) is 16.8. The van der Waals surface area contributed by atoms with Gasteiger partial charge in [0.15, 0.2) is 5.75 Å². The molecule has 7 nitrogen and oxygen atoms in total. The van der Waals surface area contributed by atoms with Crippen LogP contribution in [0, 0.1) is 6.92 Å². The molecule has 4 rings (SSSR count). The molecule has 1 aromatic carbocycles. The number of amides is 1. The number of morpholine rings is 1. The van der Waals surface area contributed by atoms with Gasteiger partial charge in [0.2, 0.25) is 0 Å². The number of benzene rings is 1. The summed E-state index contributed by atoms with van der Waals surface area (Å²) in [4.78, 5) is 14.0. The summed E-state index contributed by atoms with van der Waals surface area (Å²) in [5.74, 6) is 1.77. The van der Waals surface area contributed by atoms with Crippen LogP contribution in [0.15, 0.2) is 30.5 Å². The highest BCUT2D eigenvalue weighted by Gasteiger charge is 2.28. The summed E-state index contributed by atoms with van der Waals surface area (Å²) in [6, 6.07) is 7.70. The minimum Gasteiger partial charge on any atom is -0.434 e. The molecule has 0 radical (unpaired) electrons. The first-order valence-corrected chi connectivity index (χ1v) is 8.86. The van der Waals surface area contributed by atoms with E-state index in [9.17, 15) is 4.79 Å². The highest BCUT2D eigenvalue weighted by molar-refractivity contribution is 5.71. The Morgan fingerprint density at radius 1 is 1.23 bits per heavy atom. The van der Waals surface area contributed by atoms with Crippen LogP contribution in [0.1, 0.15) is 29.9 Å². The van der Waals surface area contributed by atoms with Gasteiger partial charge in [-0.1, -0.05) is 18.2 Å². The Bertz CT molecular complexity index is 801. The van der Waals surface area contributed by atoms with Crippen LogP contribution in [0.25, 0.3) is 0 Å². The molecule has 1 saturated heterocycles. The molecule has 0 N–H and O–H groups in total. The number of para-hydroxylation sites is 1. The zero-order chi connectivity index (χ0) is 17.9. The normalized spacial score (nSPS) is 17.0. The van der Waals surface area contributed by atoms with Crippen molar-refractivity contribution in [1.29, 1.82) is 0 Å². The zero-order valence-corrected chi connectivity index (χ0v) is 14.7. The van der Waals surface area contributed by atoms with Crippen molar-refractivity contribution >= 4 is 6.09 Å². The summed E-state index contributed by atoms with van der Waals surface area (Å²) in [7, 11) is 0. The van der Waals surface area contributed by atoms with Gasteiger partial charge >= 0.3 is 6.09 Å². The van der Waals surface area contributed by atoms with Gasteiger partial charge in [0.1, 0.15) is 5.75 Å². The number of rotatable bonds is 4. The Labute approximate surface area is 151 Å². The molecule has 0 bridgehead atoms. The Kier molecular flexibility index (Phi) is 4.71. The number of aryl methyl sites for hydroxylation is 1. The minimum absolute atomic E-state index is 0.199. The fraction of sp³-hybridized carbons (Fsp3) is 0.421. The lowest BCUT2D eigenvalue weighted by atomic mass is 10.1. The van der Waals surface area contributed by atoms with Crippen LogP contribution in [0.2, 0.25) is 0 Å². The molecule has 2 aliphatic rings. The van der Waals surface area contributed by atoms with Gasteiger partial charge in [0, 0.05) is 19.2 Å². The standard InChI is InChI=1S/C19H21N3O4/c1-13-3-2-4-15(14-5-6-14)17(13)26-18-16(7-8-20-21-18)25-19(23)22-9-11-24-12-10-22/h2-4,7-8,14H,5-6,9-12H2,1H3. The molecule has 1 aliphatic heterocycles. The van der Waals surface area contributed by atoms with Crippen molar-refractivity contribution in [3.05, 3.63) is 41.6 Å². The molecule has 0 atom stereocenters. The van der Waals surface area contributed by atoms with E-state index in [0.717, 1.165) is 11.3 Å². The van der Waals surface area contributed by atoms with E-state index in [2.05, 4.69) is 16.3 Å². The first-order chi connectivity index (χ1) is 12.7. The fourth-order valence-electron chi connectivity index (χ4n) is 2.99. The number of nitrogens with zero attached hydrogens (tertiary/aromatic N) is 3. The SMILES string of the molecule is Cc1cccc(C2CC2)c1Oc1nnccc1OC(=O)N1CCOCC1. The second-order valence-corrected chi connectivity index (χ2v) is 6.54. The molecule has 2 fully saturated rings. The van der Waals surface area contributed by atoms with E-state index in [4.69, 9.17) is 14.2 Å².